The van der Waals surface area contributed by atoms with Crippen LogP contribution in [0.25, 0.3) is 0 Å². The fourth-order valence-corrected chi connectivity index (χ4v) is 2.61. The van der Waals surface area contributed by atoms with Crippen molar-refractivity contribution in [1.82, 2.24) is 0 Å². The summed E-state index contributed by atoms with van der Waals surface area (Å²) in [5.74, 6) is -0.496. The zero-order valence-electron chi connectivity index (χ0n) is 11.7. The lowest BCUT2D eigenvalue weighted by molar-refractivity contribution is -0.384. The molecule has 0 aliphatic carbocycles. The maximum atomic E-state index is 12.9. The number of anilines is 1. The van der Waals surface area contributed by atoms with Crippen LogP contribution >= 0.6 is 0 Å². The van der Waals surface area contributed by atoms with E-state index < -0.39 is 4.92 Å². The molecule has 1 aliphatic rings. The summed E-state index contributed by atoms with van der Waals surface area (Å²) >= 11 is 0. The molecule has 112 valence electrons. The Labute approximate surface area is 126 Å². The minimum atomic E-state index is -0.471. The standard InChI is InChI=1S/C16H13FN2O3/c17-13-4-1-11(2-5-13)9-16(20)18-8-7-12-3-6-14(19(21)22)10-15(12)18/h1-6,10H,7-9H2. The van der Waals surface area contributed by atoms with Crippen LogP contribution in [0.4, 0.5) is 15.8 Å². The molecular formula is C16H13FN2O3. The van der Waals surface area contributed by atoms with Gasteiger partial charge in [-0.15, -0.1) is 0 Å². The third kappa shape index (κ3) is 2.67. The van der Waals surface area contributed by atoms with E-state index in [0.717, 1.165) is 5.56 Å². The molecule has 6 heteroatoms. The van der Waals surface area contributed by atoms with Gasteiger partial charge in [-0.3, -0.25) is 14.9 Å². The number of benzene rings is 2. The van der Waals surface area contributed by atoms with Gasteiger partial charge in [0.1, 0.15) is 5.82 Å². The number of carbonyl (C=O) groups is 1. The van der Waals surface area contributed by atoms with Crippen molar-refractivity contribution in [3.63, 3.8) is 0 Å². The Kier molecular flexibility index (Phi) is 3.58. The minimum Gasteiger partial charge on any atom is -0.311 e. The summed E-state index contributed by atoms with van der Waals surface area (Å²) in [6.45, 7) is 0.510. The predicted octanol–water partition coefficient (Wildman–Crippen LogP) is 2.87. The lowest BCUT2D eigenvalue weighted by atomic mass is 10.1. The number of nitro benzene ring substituents is 1. The largest absolute Gasteiger partial charge is 0.311 e. The number of carbonyl (C=O) groups excluding carboxylic acids is 1. The molecule has 0 unspecified atom stereocenters. The van der Waals surface area contributed by atoms with Crippen LogP contribution in [0.2, 0.25) is 0 Å². The van der Waals surface area contributed by atoms with Crippen molar-refractivity contribution in [3.05, 3.63) is 69.5 Å². The van der Waals surface area contributed by atoms with E-state index in [9.17, 15) is 19.3 Å². The number of nitro groups is 1. The number of nitrogens with zero attached hydrogens (tertiary/aromatic N) is 2. The molecule has 3 rings (SSSR count). The normalized spacial score (nSPS) is 13.0. The summed E-state index contributed by atoms with van der Waals surface area (Å²) in [7, 11) is 0. The average Bonchev–Trinajstić information content (AvgIpc) is 2.92. The van der Waals surface area contributed by atoms with E-state index in [-0.39, 0.29) is 23.8 Å². The first-order valence-electron chi connectivity index (χ1n) is 6.87. The van der Waals surface area contributed by atoms with Crippen LogP contribution in [0, 0.1) is 15.9 Å². The lowest BCUT2D eigenvalue weighted by Gasteiger charge is -2.17. The highest BCUT2D eigenvalue weighted by Crippen LogP contribution is 2.32. The minimum absolute atomic E-state index is 0.0276. The van der Waals surface area contributed by atoms with Crippen molar-refractivity contribution >= 4 is 17.3 Å². The third-order valence-electron chi connectivity index (χ3n) is 3.74. The van der Waals surface area contributed by atoms with Gasteiger partial charge >= 0.3 is 0 Å². The average molecular weight is 300 g/mol. The second-order valence-electron chi connectivity index (χ2n) is 5.17. The summed E-state index contributed by atoms with van der Waals surface area (Å²) in [4.78, 5) is 24.4. The van der Waals surface area contributed by atoms with Crippen molar-refractivity contribution in [2.24, 2.45) is 0 Å². The van der Waals surface area contributed by atoms with Crippen molar-refractivity contribution in [3.8, 4) is 0 Å². The van der Waals surface area contributed by atoms with E-state index in [4.69, 9.17) is 0 Å². The van der Waals surface area contributed by atoms with Crippen LogP contribution in [0.3, 0.4) is 0 Å². The highest BCUT2D eigenvalue weighted by atomic mass is 19.1. The number of non-ortho nitro benzene ring substituents is 1. The van der Waals surface area contributed by atoms with E-state index >= 15 is 0 Å². The van der Waals surface area contributed by atoms with E-state index in [1.807, 2.05) is 0 Å². The fourth-order valence-electron chi connectivity index (χ4n) is 2.61. The molecule has 0 spiro atoms. The molecule has 0 atom stereocenters. The van der Waals surface area contributed by atoms with Gasteiger partial charge in [0.05, 0.1) is 17.0 Å². The van der Waals surface area contributed by atoms with E-state index in [0.29, 0.717) is 24.2 Å². The molecule has 2 aromatic rings. The first-order valence-corrected chi connectivity index (χ1v) is 6.87. The van der Waals surface area contributed by atoms with Crippen molar-refractivity contribution in [2.75, 3.05) is 11.4 Å². The molecule has 0 bridgehead atoms. The quantitative estimate of drug-likeness (QED) is 0.646. The van der Waals surface area contributed by atoms with Crippen molar-refractivity contribution in [1.29, 1.82) is 0 Å². The number of fused-ring (bicyclic) bond motifs is 1. The van der Waals surface area contributed by atoms with Gasteiger partial charge in [-0.2, -0.15) is 0 Å². The first kappa shape index (κ1) is 14.2. The summed E-state index contributed by atoms with van der Waals surface area (Å²) < 4.78 is 12.9. The molecule has 0 N–H and O–H groups in total. The van der Waals surface area contributed by atoms with Gasteiger partial charge in [-0.05, 0) is 29.7 Å². The molecule has 0 saturated carbocycles. The predicted molar refractivity (Wildman–Crippen MR) is 79.3 cm³/mol. The number of hydrogen-bond acceptors (Lipinski definition) is 3. The second-order valence-corrected chi connectivity index (χ2v) is 5.17. The van der Waals surface area contributed by atoms with Crippen molar-refractivity contribution in [2.45, 2.75) is 12.8 Å². The third-order valence-corrected chi connectivity index (χ3v) is 3.74. The van der Waals surface area contributed by atoms with Crippen LogP contribution in [-0.4, -0.2) is 17.4 Å². The molecule has 5 nitrogen and oxygen atoms in total. The number of hydrogen-bond donors (Lipinski definition) is 0. The van der Waals surface area contributed by atoms with Gasteiger partial charge in [0.25, 0.3) is 5.69 Å². The molecule has 0 saturated heterocycles. The topological polar surface area (TPSA) is 63.5 Å². The number of halogens is 1. The van der Waals surface area contributed by atoms with Crippen LogP contribution in [0.5, 0.6) is 0 Å². The molecule has 0 radical (unpaired) electrons. The van der Waals surface area contributed by atoms with Gasteiger partial charge in [-0.25, -0.2) is 4.39 Å². The van der Waals surface area contributed by atoms with Crippen LogP contribution in [-0.2, 0) is 17.6 Å². The Morgan fingerprint density at radius 1 is 1.23 bits per heavy atom. The van der Waals surface area contributed by atoms with Crippen molar-refractivity contribution < 1.29 is 14.1 Å². The first-order chi connectivity index (χ1) is 10.5. The zero-order chi connectivity index (χ0) is 15.7. The molecule has 1 amide bonds. The summed E-state index contributed by atoms with van der Waals surface area (Å²) in [5, 5.41) is 10.9. The summed E-state index contributed by atoms with van der Waals surface area (Å²) in [6.07, 6.45) is 0.824. The van der Waals surface area contributed by atoms with Gasteiger partial charge in [0.15, 0.2) is 0 Å². The Hall–Kier alpha value is -2.76. The van der Waals surface area contributed by atoms with E-state index in [1.165, 1.54) is 24.3 Å². The van der Waals surface area contributed by atoms with Gasteiger partial charge in [0.2, 0.25) is 5.91 Å². The molecule has 2 aromatic carbocycles. The summed E-state index contributed by atoms with van der Waals surface area (Å²) in [6, 6.07) is 10.3. The smallest absolute Gasteiger partial charge is 0.271 e. The van der Waals surface area contributed by atoms with Crippen LogP contribution < -0.4 is 4.90 Å². The maximum Gasteiger partial charge on any atom is 0.271 e. The molecular weight excluding hydrogens is 287 g/mol. The van der Waals surface area contributed by atoms with Crippen LogP contribution in [0.1, 0.15) is 11.1 Å². The Morgan fingerprint density at radius 2 is 1.95 bits per heavy atom. The van der Waals surface area contributed by atoms with Gasteiger partial charge in [0, 0.05) is 18.7 Å². The highest BCUT2D eigenvalue weighted by Gasteiger charge is 2.26. The fraction of sp³-hybridized carbons (Fsp3) is 0.188. The lowest BCUT2D eigenvalue weighted by Crippen LogP contribution is -2.30. The second kappa shape index (κ2) is 5.55. The Balaban J connectivity index is 1.82. The number of amides is 1. The zero-order valence-corrected chi connectivity index (χ0v) is 11.7. The summed E-state index contributed by atoms with van der Waals surface area (Å²) in [5.41, 5.74) is 2.21. The number of rotatable bonds is 3. The van der Waals surface area contributed by atoms with E-state index in [1.54, 1.807) is 23.1 Å². The Bertz CT molecular complexity index is 744. The molecule has 0 aromatic heterocycles. The molecule has 22 heavy (non-hydrogen) atoms. The SMILES string of the molecule is O=C(Cc1ccc(F)cc1)N1CCc2ccc([N+](=O)[O-])cc21. The monoisotopic (exact) mass is 300 g/mol. The van der Waals surface area contributed by atoms with Crippen LogP contribution in [0.15, 0.2) is 42.5 Å². The highest BCUT2D eigenvalue weighted by molar-refractivity contribution is 5.97. The molecule has 0 fully saturated rings. The van der Waals surface area contributed by atoms with Gasteiger partial charge < -0.3 is 4.90 Å². The Morgan fingerprint density at radius 3 is 2.64 bits per heavy atom. The van der Waals surface area contributed by atoms with E-state index in [2.05, 4.69) is 0 Å². The molecule has 1 heterocycles. The molecule has 1 aliphatic heterocycles. The maximum absolute atomic E-state index is 12.9. The van der Waals surface area contributed by atoms with Gasteiger partial charge in [-0.1, -0.05) is 18.2 Å².